The van der Waals surface area contributed by atoms with E-state index in [9.17, 15) is 9.00 Å². The van der Waals surface area contributed by atoms with Crippen LogP contribution in [-0.4, -0.2) is 28.7 Å². The second-order valence-corrected chi connectivity index (χ2v) is 7.17. The van der Waals surface area contributed by atoms with E-state index < -0.39 is 16.2 Å². The van der Waals surface area contributed by atoms with Crippen LogP contribution >= 0.6 is 0 Å². The smallest absolute Gasteiger partial charge is 0.234 e. The van der Waals surface area contributed by atoms with Crippen LogP contribution in [0.1, 0.15) is 32.3 Å². The lowest BCUT2D eigenvalue weighted by Gasteiger charge is -2.16. The second kappa shape index (κ2) is 5.95. The van der Waals surface area contributed by atoms with Crippen molar-refractivity contribution >= 4 is 22.4 Å². The van der Waals surface area contributed by atoms with Gasteiger partial charge in [-0.25, -0.2) is 0 Å². The second-order valence-electron chi connectivity index (χ2n) is 5.62. The molecule has 0 radical (unpaired) electrons. The summed E-state index contributed by atoms with van der Waals surface area (Å²) in [5, 5.41) is 2.88. The minimum atomic E-state index is -0.729. The van der Waals surface area contributed by atoms with Gasteiger partial charge in [-0.15, -0.1) is 0 Å². The Kier molecular flexibility index (Phi) is 4.48. The molecule has 1 aliphatic heterocycles. The minimum absolute atomic E-state index is 0.0232. The number of carbonyl (C=O) groups is 1. The molecule has 1 aromatic rings. The zero-order valence-electron chi connectivity index (χ0n) is 12.2. The van der Waals surface area contributed by atoms with Crippen molar-refractivity contribution in [1.29, 1.82) is 0 Å². The van der Waals surface area contributed by atoms with E-state index in [4.69, 9.17) is 4.74 Å². The van der Waals surface area contributed by atoms with Gasteiger partial charge in [0.15, 0.2) is 0 Å². The molecule has 1 aromatic carbocycles. The van der Waals surface area contributed by atoms with Gasteiger partial charge >= 0.3 is 0 Å². The van der Waals surface area contributed by atoms with Crippen molar-refractivity contribution in [3.8, 4) is 5.75 Å². The van der Waals surface area contributed by atoms with E-state index in [0.29, 0.717) is 6.61 Å². The zero-order valence-corrected chi connectivity index (χ0v) is 13.0. The standard InChI is InChI=1S/C15H21NO3S/c1-15(2)12-10-11(6-7-13(12)16-14(15)17)19-8-4-5-9-20(3)18/h6-7,10H,4-5,8-9H2,1-3H3,(H,16,17). The number of nitrogens with one attached hydrogen (secondary N) is 1. The molecular formula is C15H21NO3S. The molecule has 5 heteroatoms. The van der Waals surface area contributed by atoms with Gasteiger partial charge in [0.25, 0.3) is 0 Å². The first-order valence-corrected chi connectivity index (χ1v) is 8.53. The Morgan fingerprint density at radius 3 is 2.75 bits per heavy atom. The largest absolute Gasteiger partial charge is 0.494 e. The quantitative estimate of drug-likeness (QED) is 0.820. The molecule has 1 heterocycles. The minimum Gasteiger partial charge on any atom is -0.494 e. The Hall–Kier alpha value is -1.36. The van der Waals surface area contributed by atoms with Crippen LogP contribution in [0.15, 0.2) is 18.2 Å². The number of unbranched alkanes of at least 4 members (excludes halogenated alkanes) is 1. The van der Waals surface area contributed by atoms with E-state index in [2.05, 4.69) is 5.32 Å². The Labute approximate surface area is 122 Å². The van der Waals surface area contributed by atoms with E-state index in [1.165, 1.54) is 0 Å². The Morgan fingerprint density at radius 2 is 2.05 bits per heavy atom. The van der Waals surface area contributed by atoms with Crippen LogP contribution in [0.2, 0.25) is 0 Å². The topological polar surface area (TPSA) is 55.4 Å². The van der Waals surface area contributed by atoms with Gasteiger partial charge in [-0.05, 0) is 50.5 Å². The molecule has 4 nitrogen and oxygen atoms in total. The summed E-state index contributed by atoms with van der Waals surface area (Å²) in [6.07, 6.45) is 3.50. The lowest BCUT2D eigenvalue weighted by molar-refractivity contribution is -0.119. The van der Waals surface area contributed by atoms with Gasteiger partial charge in [0.2, 0.25) is 5.91 Å². The van der Waals surface area contributed by atoms with Crippen LogP contribution in [0.5, 0.6) is 5.75 Å². The molecule has 20 heavy (non-hydrogen) atoms. The fourth-order valence-corrected chi connectivity index (χ4v) is 2.85. The van der Waals surface area contributed by atoms with Crippen LogP contribution < -0.4 is 10.1 Å². The summed E-state index contributed by atoms with van der Waals surface area (Å²) >= 11 is 0. The normalized spacial score (nSPS) is 17.4. The molecule has 110 valence electrons. The summed E-state index contributed by atoms with van der Waals surface area (Å²) in [7, 11) is -0.729. The first kappa shape index (κ1) is 15.0. The van der Waals surface area contributed by atoms with Crippen molar-refractivity contribution in [2.45, 2.75) is 32.1 Å². The molecule has 2 rings (SSSR count). The highest BCUT2D eigenvalue weighted by molar-refractivity contribution is 7.84. The van der Waals surface area contributed by atoms with Crippen LogP contribution in [0, 0.1) is 0 Å². The maximum atomic E-state index is 11.8. The van der Waals surface area contributed by atoms with Gasteiger partial charge in [0.05, 0.1) is 12.0 Å². The summed E-state index contributed by atoms with van der Waals surface area (Å²) in [4.78, 5) is 11.8. The average Bonchev–Trinajstić information content (AvgIpc) is 2.60. The highest BCUT2D eigenvalue weighted by Gasteiger charge is 2.38. The fourth-order valence-electron chi connectivity index (χ4n) is 2.24. The highest BCUT2D eigenvalue weighted by Crippen LogP contribution is 2.39. The molecule has 0 saturated heterocycles. The third-order valence-corrected chi connectivity index (χ3v) is 4.44. The predicted molar refractivity (Wildman–Crippen MR) is 81.8 cm³/mol. The van der Waals surface area contributed by atoms with Gasteiger partial charge in [-0.2, -0.15) is 0 Å². The van der Waals surface area contributed by atoms with Crippen LogP contribution in [0.25, 0.3) is 0 Å². The summed E-state index contributed by atoms with van der Waals surface area (Å²) in [6, 6.07) is 5.70. The number of amides is 1. The molecule has 0 bridgehead atoms. The summed E-state index contributed by atoms with van der Waals surface area (Å²) in [6.45, 7) is 4.43. The van der Waals surface area contributed by atoms with Crippen molar-refractivity contribution < 1.29 is 13.7 Å². The molecule has 1 N–H and O–H groups in total. The lowest BCUT2D eigenvalue weighted by Crippen LogP contribution is -2.26. The molecule has 0 aromatic heterocycles. The molecule has 0 spiro atoms. The van der Waals surface area contributed by atoms with Crippen LogP contribution in [0.4, 0.5) is 5.69 Å². The van der Waals surface area contributed by atoms with Gasteiger partial charge < -0.3 is 10.1 Å². The van der Waals surface area contributed by atoms with Crippen molar-refractivity contribution in [3.63, 3.8) is 0 Å². The number of hydrogen-bond acceptors (Lipinski definition) is 3. The molecule has 1 atom stereocenters. The predicted octanol–water partition coefficient (Wildman–Crippen LogP) is 2.45. The average molecular weight is 295 g/mol. The van der Waals surface area contributed by atoms with E-state index in [1.807, 2.05) is 32.0 Å². The monoisotopic (exact) mass is 295 g/mol. The number of hydrogen-bond donors (Lipinski definition) is 1. The fraction of sp³-hybridized carbons (Fsp3) is 0.533. The summed E-state index contributed by atoms with van der Waals surface area (Å²) in [5.41, 5.74) is 1.34. The van der Waals surface area contributed by atoms with Crippen molar-refractivity contribution in [1.82, 2.24) is 0 Å². The number of ether oxygens (including phenoxy) is 1. The third-order valence-electron chi connectivity index (χ3n) is 3.58. The molecule has 1 aliphatic rings. The van der Waals surface area contributed by atoms with Crippen LogP contribution in [0.3, 0.4) is 0 Å². The number of anilines is 1. The lowest BCUT2D eigenvalue weighted by atomic mass is 9.86. The Balaban J connectivity index is 1.94. The zero-order chi connectivity index (χ0) is 14.8. The van der Waals surface area contributed by atoms with E-state index in [0.717, 1.165) is 35.6 Å². The van der Waals surface area contributed by atoms with Gasteiger partial charge in [-0.3, -0.25) is 9.00 Å². The summed E-state index contributed by atoms with van der Waals surface area (Å²) < 4.78 is 16.6. The molecular weight excluding hydrogens is 274 g/mol. The van der Waals surface area contributed by atoms with Gasteiger partial charge in [0, 0.05) is 28.5 Å². The first-order chi connectivity index (χ1) is 9.41. The molecule has 0 saturated carbocycles. The maximum Gasteiger partial charge on any atom is 0.234 e. The maximum absolute atomic E-state index is 11.8. The molecule has 1 amide bonds. The van der Waals surface area contributed by atoms with Crippen LogP contribution in [-0.2, 0) is 21.0 Å². The molecule has 0 fully saturated rings. The van der Waals surface area contributed by atoms with E-state index >= 15 is 0 Å². The van der Waals surface area contributed by atoms with Crippen molar-refractivity contribution in [2.24, 2.45) is 0 Å². The molecule has 0 aliphatic carbocycles. The molecule has 1 unspecified atom stereocenters. The van der Waals surface area contributed by atoms with Crippen molar-refractivity contribution in [2.75, 3.05) is 23.9 Å². The van der Waals surface area contributed by atoms with Gasteiger partial charge in [-0.1, -0.05) is 0 Å². The number of fused-ring (bicyclic) bond motifs is 1. The SMILES string of the molecule is CS(=O)CCCCOc1ccc2c(c1)C(C)(C)C(=O)N2. The van der Waals surface area contributed by atoms with E-state index in [-0.39, 0.29) is 5.91 Å². The van der Waals surface area contributed by atoms with E-state index in [1.54, 1.807) is 6.26 Å². The van der Waals surface area contributed by atoms with Crippen molar-refractivity contribution in [3.05, 3.63) is 23.8 Å². The third kappa shape index (κ3) is 3.20. The first-order valence-electron chi connectivity index (χ1n) is 6.80. The Bertz CT molecular complexity index is 540. The number of carbonyl (C=O) groups excluding carboxylic acids is 1. The number of rotatable bonds is 6. The highest BCUT2D eigenvalue weighted by atomic mass is 32.2. The van der Waals surface area contributed by atoms with Gasteiger partial charge in [0.1, 0.15) is 5.75 Å². The Morgan fingerprint density at radius 1 is 1.30 bits per heavy atom. The number of benzene rings is 1. The summed E-state index contributed by atoms with van der Waals surface area (Å²) in [5.74, 6) is 1.53.